The number of halogens is 9. The molecule has 0 heterocycles. The van der Waals surface area contributed by atoms with Gasteiger partial charge in [0.05, 0.1) is 53.7 Å². The molecule has 0 N–H and O–H groups in total. The quantitative estimate of drug-likeness (QED) is 0.105. The van der Waals surface area contributed by atoms with Crippen LogP contribution in [-0.4, -0.2) is 92.3 Å². The first-order valence-corrected chi connectivity index (χ1v) is 13.1. The first-order valence-electron chi connectivity index (χ1n) is 12.1. The van der Waals surface area contributed by atoms with Crippen LogP contribution < -0.4 is 0 Å². The molecule has 0 bridgehead atoms. The average molecular weight is 595 g/mol. The number of ether oxygens (including phenoxy) is 2. The number of hydrogen-bond acceptors (Lipinski definition) is 5. The van der Waals surface area contributed by atoms with E-state index in [2.05, 4.69) is 4.74 Å². The van der Waals surface area contributed by atoms with Crippen LogP contribution in [0.4, 0.5) is 39.5 Å². The topological polar surface area (TPSA) is 52.6 Å². The van der Waals surface area contributed by atoms with Crippen molar-refractivity contribution in [1.29, 1.82) is 0 Å². The van der Waals surface area contributed by atoms with Crippen molar-refractivity contribution in [3.8, 4) is 0 Å². The zero-order valence-electron chi connectivity index (χ0n) is 22.1. The van der Waals surface area contributed by atoms with Crippen molar-refractivity contribution in [3.63, 3.8) is 0 Å². The molecule has 0 aromatic heterocycles. The predicted molar refractivity (Wildman–Crippen MR) is 124 cm³/mol. The van der Waals surface area contributed by atoms with E-state index in [9.17, 15) is 49.1 Å². The molecule has 5 nitrogen and oxygen atoms in total. The molecule has 0 aromatic rings. The molecule has 2 unspecified atom stereocenters. The monoisotopic (exact) mass is 594 g/mol. The lowest BCUT2D eigenvalue weighted by molar-refractivity contribution is -0.867. The molecule has 38 heavy (non-hydrogen) atoms. The van der Waals surface area contributed by atoms with E-state index in [1.165, 1.54) is 0 Å². The van der Waals surface area contributed by atoms with Gasteiger partial charge in [-0.1, -0.05) is 33.1 Å². The largest absolute Gasteiger partial charge is 0.465 e. The molecule has 2 atom stereocenters. The Bertz CT molecular complexity index is 743. The summed E-state index contributed by atoms with van der Waals surface area (Å²) < 4.78 is 127. The highest BCUT2D eigenvalue weighted by Gasteiger charge is 2.81. The van der Waals surface area contributed by atoms with Crippen LogP contribution in [0.2, 0.25) is 0 Å². The van der Waals surface area contributed by atoms with Crippen LogP contribution in [0.15, 0.2) is 0 Å². The van der Waals surface area contributed by atoms with Crippen LogP contribution in [0, 0.1) is 5.92 Å². The molecule has 0 saturated carbocycles. The summed E-state index contributed by atoms with van der Waals surface area (Å²) in [6, 6.07) is 0. The lowest BCUT2D eigenvalue weighted by Gasteiger charge is -2.33. The SMILES string of the molecule is CCCCC(CC)COC(=O)CC(SCC[N+](C)(C)C)C(=O)OCCC(F)(F)C(F)(F)C(F)(F)C(F)(F)F. The number of nitrogens with zero attached hydrogens (tertiary/aromatic N) is 1. The normalized spacial score (nSPS) is 15.2. The highest BCUT2D eigenvalue weighted by Crippen LogP contribution is 2.54. The van der Waals surface area contributed by atoms with Crippen LogP contribution >= 0.6 is 11.8 Å². The Morgan fingerprint density at radius 3 is 1.95 bits per heavy atom. The maximum Gasteiger partial charge on any atom is 0.460 e. The molecule has 0 fully saturated rings. The summed E-state index contributed by atoms with van der Waals surface area (Å²) in [6.07, 6.45) is -6.35. The zero-order chi connectivity index (χ0) is 30.0. The first-order chi connectivity index (χ1) is 17.1. The minimum Gasteiger partial charge on any atom is -0.465 e. The summed E-state index contributed by atoms with van der Waals surface area (Å²) in [5, 5.41) is -1.30. The Morgan fingerprint density at radius 2 is 1.47 bits per heavy atom. The van der Waals surface area contributed by atoms with Gasteiger partial charge in [-0.05, 0) is 12.3 Å². The molecule has 0 aromatic carbocycles. The second-order valence-corrected chi connectivity index (χ2v) is 11.3. The molecule has 226 valence electrons. The van der Waals surface area contributed by atoms with E-state index in [1.807, 2.05) is 35.0 Å². The van der Waals surface area contributed by atoms with Gasteiger partial charge in [-0.25, -0.2) is 0 Å². The van der Waals surface area contributed by atoms with Crippen molar-refractivity contribution in [2.45, 2.75) is 81.6 Å². The highest BCUT2D eigenvalue weighted by molar-refractivity contribution is 8.00. The third-order valence-electron chi connectivity index (χ3n) is 5.59. The third kappa shape index (κ3) is 11.4. The van der Waals surface area contributed by atoms with Crippen LogP contribution in [0.5, 0.6) is 0 Å². The number of rotatable bonds is 18. The molecule has 0 aliphatic heterocycles. The van der Waals surface area contributed by atoms with Crippen LogP contribution in [0.1, 0.15) is 52.4 Å². The number of hydrogen-bond donors (Lipinski definition) is 0. The lowest BCUT2D eigenvalue weighted by atomic mass is 10.0. The molecule has 0 spiro atoms. The van der Waals surface area contributed by atoms with Gasteiger partial charge >= 0.3 is 35.9 Å². The van der Waals surface area contributed by atoms with Gasteiger partial charge in [0.25, 0.3) is 0 Å². The van der Waals surface area contributed by atoms with E-state index in [4.69, 9.17) is 4.74 Å². The van der Waals surface area contributed by atoms with Crippen LogP contribution in [-0.2, 0) is 19.1 Å². The van der Waals surface area contributed by atoms with Crippen molar-refractivity contribution in [2.24, 2.45) is 5.92 Å². The van der Waals surface area contributed by atoms with Gasteiger partial charge in [-0.15, -0.1) is 11.8 Å². The minimum atomic E-state index is -7.02. The Kier molecular flexibility index (Phi) is 14.3. The smallest absolute Gasteiger partial charge is 0.460 e. The molecule has 0 amide bonds. The standard InChI is InChI=1S/C23H37F9NO4S/c1-6-8-9-16(7-2)15-37-18(34)14-17(38-13-11-33(3,4)5)19(35)36-12-10-20(24,25)21(26,27)22(28,29)23(30,31)32/h16-17H,6-15H2,1-5H3/q+1. The zero-order valence-corrected chi connectivity index (χ0v) is 22.9. The fourth-order valence-corrected chi connectivity index (χ4v) is 4.33. The van der Waals surface area contributed by atoms with Crippen molar-refractivity contribution < 1.29 is 63.1 Å². The minimum absolute atomic E-state index is 0.0915. The summed E-state index contributed by atoms with van der Waals surface area (Å²) >= 11 is 0.914. The lowest BCUT2D eigenvalue weighted by Crippen LogP contribution is -2.61. The third-order valence-corrected chi connectivity index (χ3v) is 6.77. The Balaban J connectivity index is 5.27. The fraction of sp³-hybridized carbons (Fsp3) is 0.913. The predicted octanol–water partition coefficient (Wildman–Crippen LogP) is 6.35. The average Bonchev–Trinajstić information content (AvgIpc) is 2.76. The summed E-state index contributed by atoms with van der Waals surface area (Å²) in [5.74, 6) is -21.4. The Labute approximate surface area is 221 Å². The number of quaternary nitrogens is 1. The molecule has 0 radical (unpaired) electrons. The second-order valence-electron chi connectivity index (χ2n) is 9.95. The molecule has 0 rings (SSSR count). The maximum atomic E-state index is 13.7. The van der Waals surface area contributed by atoms with Gasteiger partial charge in [0.15, 0.2) is 0 Å². The maximum absolute atomic E-state index is 13.7. The van der Waals surface area contributed by atoms with Gasteiger partial charge in [-0.3, -0.25) is 9.59 Å². The van der Waals surface area contributed by atoms with E-state index < -0.39 is 60.6 Å². The number of carbonyl (C=O) groups excluding carboxylic acids is 2. The van der Waals surface area contributed by atoms with Gasteiger partial charge in [0, 0.05) is 5.75 Å². The molecule has 0 saturated heterocycles. The first kappa shape index (κ1) is 36.6. The van der Waals surface area contributed by atoms with Crippen LogP contribution in [0.25, 0.3) is 0 Å². The highest BCUT2D eigenvalue weighted by atomic mass is 32.2. The van der Waals surface area contributed by atoms with Gasteiger partial charge in [-0.2, -0.15) is 39.5 Å². The van der Waals surface area contributed by atoms with Crippen molar-refractivity contribution in [3.05, 3.63) is 0 Å². The van der Waals surface area contributed by atoms with Gasteiger partial charge < -0.3 is 14.0 Å². The number of thioether (sulfide) groups is 1. The van der Waals surface area contributed by atoms with E-state index in [-0.39, 0.29) is 18.3 Å². The number of carbonyl (C=O) groups is 2. The van der Waals surface area contributed by atoms with Crippen molar-refractivity contribution >= 4 is 23.7 Å². The van der Waals surface area contributed by atoms with E-state index in [0.717, 1.165) is 37.4 Å². The van der Waals surface area contributed by atoms with Crippen LogP contribution in [0.3, 0.4) is 0 Å². The number of unbranched alkanes of at least 4 members (excludes halogenated alkanes) is 1. The fourth-order valence-electron chi connectivity index (χ4n) is 2.94. The summed E-state index contributed by atoms with van der Waals surface area (Å²) in [5.41, 5.74) is 0. The summed E-state index contributed by atoms with van der Waals surface area (Å²) in [4.78, 5) is 24.8. The number of alkyl halides is 9. The number of esters is 2. The Morgan fingerprint density at radius 1 is 0.895 bits per heavy atom. The molecular weight excluding hydrogens is 557 g/mol. The van der Waals surface area contributed by atoms with Crippen molar-refractivity contribution in [2.75, 3.05) is 46.7 Å². The second kappa shape index (κ2) is 14.8. The molecule has 0 aliphatic rings. The molecule has 15 heteroatoms. The van der Waals surface area contributed by atoms with E-state index in [0.29, 0.717) is 11.0 Å². The molecule has 0 aliphatic carbocycles. The summed E-state index contributed by atoms with van der Waals surface area (Å²) in [7, 11) is 5.51. The van der Waals surface area contributed by atoms with Gasteiger partial charge in [0.1, 0.15) is 5.25 Å². The molecular formula is C23H37F9NO4S+. The van der Waals surface area contributed by atoms with Gasteiger partial charge in [0.2, 0.25) is 0 Å². The summed E-state index contributed by atoms with van der Waals surface area (Å²) in [6.45, 7) is 2.93. The van der Waals surface area contributed by atoms with E-state index in [1.54, 1.807) is 0 Å². The van der Waals surface area contributed by atoms with E-state index >= 15 is 0 Å². The Hall–Kier alpha value is -1.38. The van der Waals surface area contributed by atoms with Crippen molar-refractivity contribution in [1.82, 2.24) is 0 Å².